The Bertz CT molecular complexity index is 1540. The van der Waals surface area contributed by atoms with Gasteiger partial charge in [-0.15, -0.1) is 0 Å². The first kappa shape index (κ1) is 17.2. The number of ether oxygens (including phenoxy) is 1. The molecule has 1 aromatic heterocycles. The molecule has 0 radical (unpaired) electrons. The minimum Gasteiger partial charge on any atom is -0.372 e. The molecule has 35 heavy (non-hydrogen) atoms. The van der Waals surface area contributed by atoms with Gasteiger partial charge in [0.05, 0.1) is 26.6 Å². The zero-order chi connectivity index (χ0) is 32.4. The van der Waals surface area contributed by atoms with Crippen LogP contribution in [0.15, 0.2) is 66.9 Å². The molecule has 1 N–H and O–H groups in total. The molecule has 3 rings (SSSR count). The number of nitrogens with zero attached hydrogens (tertiary/aromatic N) is 3. The maximum Gasteiger partial charge on any atom is 0.259 e. The Morgan fingerprint density at radius 2 is 1.63 bits per heavy atom. The van der Waals surface area contributed by atoms with Gasteiger partial charge >= 0.3 is 0 Å². The summed E-state index contributed by atoms with van der Waals surface area (Å²) in [6, 6.07) is 17.2. The number of hydrogen-bond acceptors (Lipinski definition) is 7. The molecule has 1 heterocycles. The fourth-order valence-electron chi connectivity index (χ4n) is 3.04. The third-order valence-electron chi connectivity index (χ3n) is 4.48. The minimum atomic E-state index is -4.02. The van der Waals surface area contributed by atoms with Crippen molar-refractivity contribution < 1.29 is 28.9 Å². The minimum absolute atomic E-state index is 0.146. The predicted octanol–water partition coefficient (Wildman–Crippen LogP) is 3.90. The molecule has 0 aliphatic heterocycles. The lowest BCUT2D eigenvalue weighted by atomic mass is 10.0. The van der Waals surface area contributed by atoms with E-state index in [9.17, 15) is 13.2 Å². The van der Waals surface area contributed by atoms with Crippen LogP contribution in [-0.2, 0) is 19.6 Å². The zero-order valence-corrected chi connectivity index (χ0v) is 20.3. The van der Waals surface area contributed by atoms with Crippen molar-refractivity contribution in [3.63, 3.8) is 0 Å². The van der Waals surface area contributed by atoms with Crippen molar-refractivity contribution in [2.75, 3.05) is 30.8 Å². The Hall–Kier alpha value is -3.30. The fourth-order valence-corrected chi connectivity index (χ4v) is 3.51. The summed E-state index contributed by atoms with van der Waals surface area (Å²) in [6.45, 7) is -5.11. The Morgan fingerprint density at radius 3 is 2.20 bits per heavy atom. The number of rotatable bonds is 12. The van der Waals surface area contributed by atoms with E-state index in [0.717, 1.165) is 10.5 Å². The van der Waals surface area contributed by atoms with Crippen LogP contribution in [0.25, 0.3) is 22.5 Å². The highest BCUT2D eigenvalue weighted by Crippen LogP contribution is 2.30. The fraction of sp³-hybridized carbons (Fsp3) is 0.346. The Labute approximate surface area is 218 Å². The van der Waals surface area contributed by atoms with E-state index in [1.165, 1.54) is 24.8 Å². The maximum atomic E-state index is 11.8. The molecule has 0 atom stereocenters. The average Bonchev–Trinajstić information content (AvgIpc) is 2.91. The van der Waals surface area contributed by atoms with E-state index in [1.54, 1.807) is 30.3 Å². The van der Waals surface area contributed by atoms with Gasteiger partial charge in [-0.25, -0.2) is 13.4 Å². The van der Waals surface area contributed by atoms with E-state index in [1.807, 2.05) is 30.3 Å². The molecule has 3 aromatic rings. The van der Waals surface area contributed by atoms with E-state index in [-0.39, 0.29) is 5.82 Å². The lowest BCUT2D eigenvalue weighted by molar-refractivity contribution is -0.123. The monoisotopic (exact) mass is 504 g/mol. The van der Waals surface area contributed by atoms with Crippen LogP contribution in [0, 0.1) is 0 Å². The number of hydrogen-bond donors (Lipinski definition) is 1. The van der Waals surface area contributed by atoms with Gasteiger partial charge in [0, 0.05) is 38.4 Å². The topological polar surface area (TPSA) is 101 Å². The van der Waals surface area contributed by atoms with Gasteiger partial charge in [0.25, 0.3) is 5.91 Å². The van der Waals surface area contributed by atoms with Crippen molar-refractivity contribution in [2.45, 2.75) is 32.6 Å². The summed E-state index contributed by atoms with van der Waals surface area (Å²) in [7, 11) is -4.02. The second-order valence-electron chi connectivity index (χ2n) is 7.67. The highest BCUT2D eigenvalue weighted by molar-refractivity contribution is 7.89. The molecule has 0 spiro atoms. The third kappa shape index (κ3) is 8.15. The van der Waals surface area contributed by atoms with Gasteiger partial charge in [-0.05, 0) is 26.6 Å². The molecule has 8 nitrogen and oxygen atoms in total. The number of amides is 1. The second-order valence-corrected chi connectivity index (χ2v) is 9.42. The normalized spacial score (nSPS) is 16.5. The number of nitrogens with one attached hydrogen (secondary N) is 1. The van der Waals surface area contributed by atoms with Crippen LogP contribution >= 0.6 is 0 Å². The van der Waals surface area contributed by atoms with Crippen LogP contribution in [-0.4, -0.2) is 56.3 Å². The zero-order valence-electron chi connectivity index (χ0n) is 27.5. The highest BCUT2D eigenvalue weighted by Gasteiger charge is 2.17. The number of anilines is 1. The molecule has 0 saturated carbocycles. The van der Waals surface area contributed by atoms with Gasteiger partial charge in [0.1, 0.15) is 12.4 Å². The van der Waals surface area contributed by atoms with Gasteiger partial charge in [-0.1, -0.05) is 60.7 Å². The van der Waals surface area contributed by atoms with Crippen molar-refractivity contribution in [3.05, 3.63) is 66.9 Å². The molecule has 2 aromatic carbocycles. The van der Waals surface area contributed by atoms with Crippen LogP contribution in [0.4, 0.5) is 5.82 Å². The number of aromatic nitrogens is 2. The molecule has 0 unspecified atom stereocenters. The molecule has 186 valence electrons. The summed E-state index contributed by atoms with van der Waals surface area (Å²) in [5.74, 6) is -1.47. The largest absolute Gasteiger partial charge is 0.372 e. The molecule has 0 aliphatic rings. The van der Waals surface area contributed by atoms with Crippen LogP contribution in [0.3, 0.4) is 0 Å². The smallest absolute Gasteiger partial charge is 0.259 e. The van der Waals surface area contributed by atoms with E-state index in [2.05, 4.69) is 9.97 Å². The molecular formula is C26H32N4O4S. The number of benzene rings is 2. The summed E-state index contributed by atoms with van der Waals surface area (Å²) in [5.41, 5.74) is 2.17. The predicted molar refractivity (Wildman–Crippen MR) is 138 cm³/mol. The van der Waals surface area contributed by atoms with Crippen molar-refractivity contribution in [1.29, 1.82) is 0 Å². The van der Waals surface area contributed by atoms with Crippen molar-refractivity contribution in [1.82, 2.24) is 14.7 Å². The molecule has 9 heteroatoms. The van der Waals surface area contributed by atoms with E-state index in [4.69, 9.17) is 15.7 Å². The maximum absolute atomic E-state index is 11.8. The van der Waals surface area contributed by atoms with Crippen LogP contribution in [0.1, 0.15) is 37.6 Å². The molecular weight excluding hydrogens is 464 g/mol. The lowest BCUT2D eigenvalue weighted by Gasteiger charge is -2.28. The second kappa shape index (κ2) is 12.4. The standard InChI is InChI=1S/C26H32N4O4S/c1-20(2)30(16-10-11-17-34-19-24(31)29-35(3,32)33)23-18-27-25(21-12-6-4-7-13-21)26(28-23)22-14-8-5-9-15-22/h4-9,12-15,18,20H,10-11,16-17,19H2,1-3H3,(H,29,31)/i10D2,11D2,16D2,17D2. The van der Waals surface area contributed by atoms with Crippen LogP contribution < -0.4 is 9.62 Å². The van der Waals surface area contributed by atoms with Gasteiger partial charge in [-0.3, -0.25) is 14.5 Å². The van der Waals surface area contributed by atoms with Gasteiger partial charge in [-0.2, -0.15) is 0 Å². The molecule has 0 saturated heterocycles. The van der Waals surface area contributed by atoms with Crippen LogP contribution in [0.2, 0.25) is 0 Å². The quantitative estimate of drug-likeness (QED) is 0.399. The van der Waals surface area contributed by atoms with E-state index >= 15 is 0 Å². The van der Waals surface area contributed by atoms with Gasteiger partial charge in [0.15, 0.2) is 0 Å². The number of carbonyl (C=O) groups excluding carboxylic acids is 1. The Morgan fingerprint density at radius 1 is 1.03 bits per heavy atom. The Kier molecular flexibility index (Phi) is 6.10. The summed E-state index contributed by atoms with van der Waals surface area (Å²) in [4.78, 5) is 21.9. The van der Waals surface area contributed by atoms with Crippen molar-refractivity contribution in [3.8, 4) is 22.5 Å². The Balaban J connectivity index is 2.08. The number of sulfonamides is 1. The van der Waals surface area contributed by atoms with Crippen molar-refractivity contribution in [2.24, 2.45) is 0 Å². The summed E-state index contributed by atoms with van der Waals surface area (Å²) >= 11 is 0. The number of carbonyl (C=O) groups is 1. The van der Waals surface area contributed by atoms with Crippen LogP contribution in [0.5, 0.6) is 0 Å². The molecule has 0 aliphatic carbocycles. The SMILES string of the molecule is [2H]C([2H])(OCC(=O)NS(C)(=O)=O)C([2H])([2H])C([2H])([2H])C([2H])([2H])N(c1cnc(-c2ccccc2)c(-c2ccccc2)n1)C(C)C. The molecule has 0 bridgehead atoms. The summed E-state index contributed by atoms with van der Waals surface area (Å²) in [6.07, 6.45) is -5.49. The third-order valence-corrected chi connectivity index (χ3v) is 5.08. The first-order chi connectivity index (χ1) is 19.7. The first-order valence-corrected chi connectivity index (χ1v) is 12.5. The van der Waals surface area contributed by atoms with E-state index in [0.29, 0.717) is 23.2 Å². The lowest BCUT2D eigenvalue weighted by Crippen LogP contribution is -2.33. The summed E-state index contributed by atoms with van der Waals surface area (Å²) in [5, 5.41) is 0. The highest BCUT2D eigenvalue weighted by atomic mass is 32.2. The average molecular weight is 505 g/mol. The van der Waals surface area contributed by atoms with Gasteiger partial charge < -0.3 is 9.64 Å². The first-order valence-electron chi connectivity index (χ1n) is 14.6. The van der Waals surface area contributed by atoms with Crippen molar-refractivity contribution >= 4 is 21.7 Å². The summed E-state index contributed by atoms with van der Waals surface area (Å²) < 4.78 is 96.6. The van der Waals surface area contributed by atoms with E-state index < -0.39 is 54.4 Å². The molecule has 0 fully saturated rings. The molecule has 1 amide bonds. The van der Waals surface area contributed by atoms with Gasteiger partial charge in [0.2, 0.25) is 10.0 Å².